The molecule has 0 aromatic carbocycles. The van der Waals surface area contributed by atoms with Crippen LogP contribution in [0, 0.1) is 0 Å². The molecule has 76 valence electrons. The number of ether oxygens (including phenoxy) is 1. The van der Waals surface area contributed by atoms with Crippen LogP contribution in [0.15, 0.2) is 18.3 Å². The molecule has 1 fully saturated rings. The second-order valence-electron chi connectivity index (χ2n) is 3.22. The van der Waals surface area contributed by atoms with E-state index in [0.717, 1.165) is 32.1 Å². The Balaban J connectivity index is 1.76. The van der Waals surface area contributed by atoms with E-state index in [1.807, 2.05) is 12.1 Å². The van der Waals surface area contributed by atoms with E-state index >= 15 is 0 Å². The quantitative estimate of drug-likeness (QED) is 0.702. The van der Waals surface area contributed by atoms with Gasteiger partial charge in [-0.05, 0) is 12.1 Å². The van der Waals surface area contributed by atoms with Crippen LogP contribution >= 0.6 is 0 Å². The molecule has 2 heterocycles. The van der Waals surface area contributed by atoms with E-state index in [1.54, 1.807) is 6.20 Å². The Hall–Kier alpha value is -1.20. The fourth-order valence-corrected chi connectivity index (χ4v) is 1.37. The molecule has 14 heavy (non-hydrogen) atoms. The van der Waals surface area contributed by atoms with Crippen LogP contribution in [0.25, 0.3) is 0 Å². The lowest BCUT2D eigenvalue weighted by Crippen LogP contribution is -2.45. The molecule has 0 radical (unpaired) electrons. The third kappa shape index (κ3) is 2.65. The molecule has 1 aliphatic heterocycles. The predicted molar refractivity (Wildman–Crippen MR) is 53.1 cm³/mol. The van der Waals surface area contributed by atoms with Crippen molar-refractivity contribution in [3.8, 4) is 0 Å². The van der Waals surface area contributed by atoms with E-state index in [1.165, 1.54) is 0 Å². The highest BCUT2D eigenvalue weighted by molar-refractivity contribution is 5.31. The van der Waals surface area contributed by atoms with Gasteiger partial charge < -0.3 is 15.4 Å². The third-order valence-corrected chi connectivity index (χ3v) is 2.10. The van der Waals surface area contributed by atoms with Crippen molar-refractivity contribution in [2.75, 3.05) is 31.6 Å². The van der Waals surface area contributed by atoms with E-state index < -0.39 is 0 Å². The fourth-order valence-electron chi connectivity index (χ4n) is 1.37. The maximum Gasteiger partial charge on any atom is 0.148 e. The van der Waals surface area contributed by atoms with E-state index in [2.05, 4.69) is 20.8 Å². The Morgan fingerprint density at radius 3 is 3.36 bits per heavy atom. The number of nitrogens with one attached hydrogen (secondary N) is 2. The molecule has 5 heteroatoms. The molecule has 5 nitrogen and oxygen atoms in total. The minimum absolute atomic E-state index is 0.366. The first-order valence-corrected chi connectivity index (χ1v) is 4.78. The van der Waals surface area contributed by atoms with Gasteiger partial charge in [-0.3, -0.25) is 0 Å². The Labute approximate surface area is 82.9 Å². The Morgan fingerprint density at radius 1 is 1.64 bits per heavy atom. The van der Waals surface area contributed by atoms with Gasteiger partial charge in [-0.25, -0.2) is 0 Å². The monoisotopic (exact) mass is 194 g/mol. The summed E-state index contributed by atoms with van der Waals surface area (Å²) < 4.78 is 5.33. The fraction of sp³-hybridized carbons (Fsp3) is 0.556. The standard InChI is InChI=1S/C9H14N4O/c1-2-9(13-12-3-1)11-6-8-7-14-5-4-10-8/h1-3,8,10H,4-7H2,(H,11,13). The van der Waals surface area contributed by atoms with Crippen LogP contribution in [0.4, 0.5) is 5.82 Å². The SMILES string of the molecule is c1cnnc(NCC2COCCN2)c1. The average molecular weight is 194 g/mol. The van der Waals surface area contributed by atoms with Crippen molar-refractivity contribution in [2.45, 2.75) is 6.04 Å². The molecule has 1 aromatic rings. The average Bonchev–Trinajstić information content (AvgIpc) is 2.29. The van der Waals surface area contributed by atoms with Gasteiger partial charge in [0.25, 0.3) is 0 Å². The van der Waals surface area contributed by atoms with Crippen molar-refractivity contribution >= 4 is 5.82 Å². The molecular formula is C9H14N4O. The number of morpholine rings is 1. The van der Waals surface area contributed by atoms with Gasteiger partial charge in [0.05, 0.1) is 13.2 Å². The highest BCUT2D eigenvalue weighted by Gasteiger charge is 2.12. The molecule has 1 unspecified atom stereocenters. The summed E-state index contributed by atoms with van der Waals surface area (Å²) in [5.74, 6) is 0.805. The summed E-state index contributed by atoms with van der Waals surface area (Å²) in [7, 11) is 0. The lowest BCUT2D eigenvalue weighted by molar-refractivity contribution is 0.0806. The van der Waals surface area contributed by atoms with E-state index in [0.29, 0.717) is 6.04 Å². The number of anilines is 1. The largest absolute Gasteiger partial charge is 0.378 e. The summed E-state index contributed by atoms with van der Waals surface area (Å²) in [6.07, 6.45) is 1.66. The van der Waals surface area contributed by atoms with Crippen molar-refractivity contribution < 1.29 is 4.74 Å². The van der Waals surface area contributed by atoms with Gasteiger partial charge in [0.2, 0.25) is 0 Å². The molecule has 1 aliphatic rings. The molecule has 1 atom stereocenters. The van der Waals surface area contributed by atoms with Crippen molar-refractivity contribution in [2.24, 2.45) is 0 Å². The first-order chi connectivity index (χ1) is 6.95. The highest BCUT2D eigenvalue weighted by Crippen LogP contribution is 1.99. The van der Waals surface area contributed by atoms with Crippen LogP contribution in [0.5, 0.6) is 0 Å². The van der Waals surface area contributed by atoms with Gasteiger partial charge in [-0.1, -0.05) is 0 Å². The summed E-state index contributed by atoms with van der Waals surface area (Å²) >= 11 is 0. The lowest BCUT2D eigenvalue weighted by Gasteiger charge is -2.23. The maximum absolute atomic E-state index is 5.33. The first kappa shape index (κ1) is 9.36. The molecule has 0 aliphatic carbocycles. The zero-order valence-corrected chi connectivity index (χ0v) is 7.94. The van der Waals surface area contributed by atoms with Gasteiger partial charge in [0.15, 0.2) is 0 Å². The minimum atomic E-state index is 0.366. The van der Waals surface area contributed by atoms with Crippen molar-refractivity contribution in [1.82, 2.24) is 15.5 Å². The molecule has 2 rings (SSSR count). The van der Waals surface area contributed by atoms with Gasteiger partial charge in [-0.2, -0.15) is 5.10 Å². The zero-order chi connectivity index (χ0) is 9.64. The summed E-state index contributed by atoms with van der Waals surface area (Å²) in [6.45, 7) is 3.31. The summed E-state index contributed by atoms with van der Waals surface area (Å²) in [4.78, 5) is 0. The number of aromatic nitrogens is 2. The zero-order valence-electron chi connectivity index (χ0n) is 7.94. The molecule has 0 bridgehead atoms. The Kier molecular flexibility index (Phi) is 3.26. The van der Waals surface area contributed by atoms with Crippen molar-refractivity contribution in [1.29, 1.82) is 0 Å². The van der Waals surface area contributed by atoms with Crippen LogP contribution in [-0.4, -0.2) is 42.5 Å². The smallest absolute Gasteiger partial charge is 0.148 e. The number of nitrogens with zero attached hydrogens (tertiary/aromatic N) is 2. The van der Waals surface area contributed by atoms with E-state index in [9.17, 15) is 0 Å². The van der Waals surface area contributed by atoms with Crippen LogP contribution in [0.1, 0.15) is 0 Å². The first-order valence-electron chi connectivity index (χ1n) is 4.78. The molecule has 1 aromatic heterocycles. The van der Waals surface area contributed by atoms with Crippen molar-refractivity contribution in [3.63, 3.8) is 0 Å². The van der Waals surface area contributed by atoms with Gasteiger partial charge >= 0.3 is 0 Å². The van der Waals surface area contributed by atoms with Gasteiger partial charge in [0.1, 0.15) is 5.82 Å². The molecule has 0 saturated carbocycles. The predicted octanol–water partition coefficient (Wildman–Crippen LogP) is -0.123. The summed E-state index contributed by atoms with van der Waals surface area (Å²) in [5, 5.41) is 14.3. The number of hydrogen-bond donors (Lipinski definition) is 2. The summed E-state index contributed by atoms with van der Waals surface area (Å²) in [6, 6.07) is 4.13. The molecule has 2 N–H and O–H groups in total. The normalized spacial score (nSPS) is 21.9. The molecule has 1 saturated heterocycles. The molecular weight excluding hydrogens is 180 g/mol. The highest BCUT2D eigenvalue weighted by atomic mass is 16.5. The van der Waals surface area contributed by atoms with E-state index in [-0.39, 0.29) is 0 Å². The summed E-state index contributed by atoms with van der Waals surface area (Å²) in [5.41, 5.74) is 0. The van der Waals surface area contributed by atoms with Crippen LogP contribution in [0.2, 0.25) is 0 Å². The second-order valence-corrected chi connectivity index (χ2v) is 3.22. The topological polar surface area (TPSA) is 59.1 Å². The van der Waals surface area contributed by atoms with Crippen LogP contribution in [-0.2, 0) is 4.74 Å². The van der Waals surface area contributed by atoms with Gasteiger partial charge in [-0.15, -0.1) is 5.10 Å². The minimum Gasteiger partial charge on any atom is -0.378 e. The third-order valence-electron chi connectivity index (χ3n) is 2.10. The Morgan fingerprint density at radius 2 is 2.64 bits per heavy atom. The molecule has 0 spiro atoms. The van der Waals surface area contributed by atoms with Gasteiger partial charge in [0, 0.05) is 25.3 Å². The van der Waals surface area contributed by atoms with Crippen LogP contribution in [0.3, 0.4) is 0 Å². The van der Waals surface area contributed by atoms with Crippen LogP contribution < -0.4 is 10.6 Å². The van der Waals surface area contributed by atoms with Crippen molar-refractivity contribution in [3.05, 3.63) is 18.3 Å². The van der Waals surface area contributed by atoms with E-state index in [4.69, 9.17) is 4.74 Å². The number of rotatable bonds is 3. The molecule has 0 amide bonds. The Bertz CT molecular complexity index is 261. The maximum atomic E-state index is 5.33. The number of hydrogen-bond acceptors (Lipinski definition) is 5. The second kappa shape index (κ2) is 4.88. The lowest BCUT2D eigenvalue weighted by atomic mass is 10.3.